The Morgan fingerprint density at radius 1 is 1.42 bits per heavy atom. The van der Waals surface area contributed by atoms with Gasteiger partial charge in [-0.15, -0.1) is 0 Å². The van der Waals surface area contributed by atoms with Gasteiger partial charge in [0.25, 0.3) is 5.91 Å². The zero-order valence-corrected chi connectivity index (χ0v) is 11.4. The lowest BCUT2D eigenvalue weighted by Crippen LogP contribution is -2.25. The van der Waals surface area contributed by atoms with Crippen LogP contribution in [0.4, 0.5) is 5.69 Å². The summed E-state index contributed by atoms with van der Waals surface area (Å²) in [5.41, 5.74) is 7.85. The molecular weight excluding hydrogens is 246 g/mol. The minimum absolute atomic E-state index is 0.0965. The molecule has 1 aromatic heterocycles. The normalized spacial score (nSPS) is 10.3. The number of anilines is 1. The van der Waals surface area contributed by atoms with Gasteiger partial charge < -0.3 is 15.7 Å². The highest BCUT2D eigenvalue weighted by atomic mass is 16.4. The van der Waals surface area contributed by atoms with E-state index in [2.05, 4.69) is 4.98 Å². The van der Waals surface area contributed by atoms with E-state index in [1.54, 1.807) is 13.0 Å². The third-order valence-corrected chi connectivity index (χ3v) is 2.85. The number of nitrogens with two attached hydrogens (primary N) is 1. The minimum Gasteiger partial charge on any atom is -0.481 e. The number of aryl methyl sites for hydroxylation is 2. The highest BCUT2D eigenvalue weighted by molar-refractivity contribution is 5.99. The van der Waals surface area contributed by atoms with Gasteiger partial charge in [-0.25, -0.2) is 0 Å². The Morgan fingerprint density at radius 2 is 2.05 bits per heavy atom. The third kappa shape index (κ3) is 3.94. The molecule has 0 unspecified atom stereocenters. The first-order valence-corrected chi connectivity index (χ1v) is 6.04. The van der Waals surface area contributed by atoms with Crippen LogP contribution in [0.25, 0.3) is 0 Å². The summed E-state index contributed by atoms with van der Waals surface area (Å²) in [6, 6.07) is 1.79. The van der Waals surface area contributed by atoms with E-state index in [1.807, 2.05) is 18.9 Å². The maximum atomic E-state index is 11.5. The lowest BCUT2D eigenvalue weighted by molar-refractivity contribution is -0.137. The van der Waals surface area contributed by atoms with Crippen LogP contribution in [0.2, 0.25) is 0 Å². The van der Waals surface area contributed by atoms with Gasteiger partial charge in [0.15, 0.2) is 0 Å². The van der Waals surface area contributed by atoms with E-state index in [9.17, 15) is 9.59 Å². The second-order valence-electron chi connectivity index (χ2n) is 4.53. The number of rotatable bonds is 6. The molecule has 0 aliphatic carbocycles. The molecule has 0 aliphatic heterocycles. The summed E-state index contributed by atoms with van der Waals surface area (Å²) in [7, 11) is 1.81. The van der Waals surface area contributed by atoms with Crippen molar-refractivity contribution in [1.29, 1.82) is 0 Å². The van der Waals surface area contributed by atoms with Crippen molar-refractivity contribution in [2.75, 3.05) is 18.5 Å². The van der Waals surface area contributed by atoms with Crippen molar-refractivity contribution in [2.45, 2.75) is 26.7 Å². The number of carboxylic acids is 1. The largest absolute Gasteiger partial charge is 0.481 e. The van der Waals surface area contributed by atoms with Crippen LogP contribution in [0.5, 0.6) is 0 Å². The van der Waals surface area contributed by atoms with Gasteiger partial charge in [0, 0.05) is 25.7 Å². The average Bonchev–Trinajstić information content (AvgIpc) is 2.26. The average molecular weight is 265 g/mol. The van der Waals surface area contributed by atoms with Crippen LogP contribution in [0.3, 0.4) is 0 Å². The Morgan fingerprint density at radius 3 is 2.58 bits per heavy atom. The zero-order chi connectivity index (χ0) is 14.6. The van der Waals surface area contributed by atoms with Crippen LogP contribution in [-0.4, -0.2) is 35.6 Å². The molecule has 1 amide bonds. The van der Waals surface area contributed by atoms with Crippen LogP contribution in [0, 0.1) is 13.8 Å². The fourth-order valence-electron chi connectivity index (χ4n) is 2.00. The van der Waals surface area contributed by atoms with E-state index in [1.165, 1.54) is 0 Å². The summed E-state index contributed by atoms with van der Waals surface area (Å²) in [6.45, 7) is 4.11. The molecule has 0 saturated carbocycles. The Kier molecular flexibility index (Phi) is 4.86. The predicted octanol–water partition coefficient (Wildman–Crippen LogP) is 1.10. The Hall–Kier alpha value is -2.11. The summed E-state index contributed by atoms with van der Waals surface area (Å²) >= 11 is 0. The molecule has 0 atom stereocenters. The van der Waals surface area contributed by atoms with Crippen molar-refractivity contribution in [3.05, 3.63) is 23.0 Å². The number of carbonyl (C=O) groups excluding carboxylic acids is 1. The van der Waals surface area contributed by atoms with Crippen LogP contribution >= 0.6 is 0 Å². The molecule has 0 aliphatic rings. The smallest absolute Gasteiger partial charge is 0.303 e. The van der Waals surface area contributed by atoms with Gasteiger partial charge in [-0.1, -0.05) is 0 Å². The number of carboxylic acid groups (broad SMARTS) is 1. The quantitative estimate of drug-likeness (QED) is 0.802. The number of aliphatic carboxylic acids is 1. The number of amides is 1. The molecule has 6 nitrogen and oxygen atoms in total. The van der Waals surface area contributed by atoms with E-state index in [0.717, 1.165) is 5.69 Å². The summed E-state index contributed by atoms with van der Waals surface area (Å²) in [4.78, 5) is 28.1. The second kappa shape index (κ2) is 6.17. The molecular formula is C13H19N3O3. The molecule has 104 valence electrons. The van der Waals surface area contributed by atoms with Gasteiger partial charge in [-0.2, -0.15) is 0 Å². The van der Waals surface area contributed by atoms with E-state index >= 15 is 0 Å². The molecule has 19 heavy (non-hydrogen) atoms. The molecule has 1 rings (SSSR count). The van der Waals surface area contributed by atoms with Crippen molar-refractivity contribution < 1.29 is 14.7 Å². The molecule has 0 spiro atoms. The number of primary amides is 1. The van der Waals surface area contributed by atoms with E-state index in [-0.39, 0.29) is 6.42 Å². The minimum atomic E-state index is -0.828. The molecule has 0 aromatic carbocycles. The third-order valence-electron chi connectivity index (χ3n) is 2.85. The number of pyridine rings is 1. The SMILES string of the molecule is Cc1cc(N(C)CCCC(=O)O)c(C(N)=O)c(C)n1. The Balaban J connectivity index is 2.97. The lowest BCUT2D eigenvalue weighted by atomic mass is 10.1. The fraction of sp³-hybridized carbons (Fsp3) is 0.462. The Labute approximate surface area is 112 Å². The molecule has 0 fully saturated rings. The van der Waals surface area contributed by atoms with Gasteiger partial charge in [0.05, 0.1) is 16.9 Å². The Bertz CT molecular complexity index is 500. The summed E-state index contributed by atoms with van der Waals surface area (Å²) in [5.74, 6) is -1.35. The topological polar surface area (TPSA) is 96.5 Å². The highest BCUT2D eigenvalue weighted by Crippen LogP contribution is 2.23. The number of hydrogen-bond donors (Lipinski definition) is 2. The maximum Gasteiger partial charge on any atom is 0.303 e. The molecule has 3 N–H and O–H groups in total. The van der Waals surface area contributed by atoms with Gasteiger partial charge in [0.1, 0.15) is 0 Å². The van der Waals surface area contributed by atoms with E-state index < -0.39 is 11.9 Å². The van der Waals surface area contributed by atoms with Gasteiger partial charge in [-0.05, 0) is 26.3 Å². The molecule has 0 bridgehead atoms. The number of nitrogens with zero attached hydrogens (tertiary/aromatic N) is 2. The summed E-state index contributed by atoms with van der Waals surface area (Å²) in [5, 5.41) is 8.63. The van der Waals surface area contributed by atoms with Gasteiger partial charge >= 0.3 is 5.97 Å². The standard InChI is InChI=1S/C13H19N3O3/c1-8-7-10(12(13(14)19)9(2)15-8)16(3)6-4-5-11(17)18/h7H,4-6H2,1-3H3,(H2,14,19)(H,17,18). The van der Waals surface area contributed by atoms with E-state index in [0.29, 0.717) is 29.9 Å². The number of aromatic nitrogens is 1. The van der Waals surface area contributed by atoms with Gasteiger partial charge in [0.2, 0.25) is 0 Å². The second-order valence-corrected chi connectivity index (χ2v) is 4.53. The molecule has 6 heteroatoms. The fourth-order valence-corrected chi connectivity index (χ4v) is 2.00. The maximum absolute atomic E-state index is 11.5. The number of carbonyl (C=O) groups is 2. The summed E-state index contributed by atoms with van der Waals surface area (Å²) < 4.78 is 0. The van der Waals surface area contributed by atoms with Crippen LogP contribution in [0.1, 0.15) is 34.6 Å². The first-order chi connectivity index (χ1) is 8.82. The first kappa shape index (κ1) is 14.9. The van der Waals surface area contributed by atoms with E-state index in [4.69, 9.17) is 10.8 Å². The van der Waals surface area contributed by atoms with Crippen LogP contribution in [-0.2, 0) is 4.79 Å². The highest BCUT2D eigenvalue weighted by Gasteiger charge is 2.16. The monoisotopic (exact) mass is 265 g/mol. The van der Waals surface area contributed by atoms with Gasteiger partial charge in [-0.3, -0.25) is 14.6 Å². The molecule has 1 heterocycles. The van der Waals surface area contributed by atoms with Crippen molar-refractivity contribution in [1.82, 2.24) is 4.98 Å². The zero-order valence-electron chi connectivity index (χ0n) is 11.4. The van der Waals surface area contributed by atoms with Crippen molar-refractivity contribution in [3.8, 4) is 0 Å². The first-order valence-electron chi connectivity index (χ1n) is 6.04. The molecule has 0 saturated heterocycles. The summed E-state index contributed by atoms with van der Waals surface area (Å²) in [6.07, 6.45) is 0.601. The van der Waals surface area contributed by atoms with Crippen LogP contribution < -0.4 is 10.6 Å². The lowest BCUT2D eigenvalue weighted by Gasteiger charge is -2.22. The van der Waals surface area contributed by atoms with Crippen molar-refractivity contribution in [3.63, 3.8) is 0 Å². The van der Waals surface area contributed by atoms with Crippen molar-refractivity contribution in [2.24, 2.45) is 5.73 Å². The molecule has 0 radical (unpaired) electrons. The predicted molar refractivity (Wildman–Crippen MR) is 72.4 cm³/mol. The molecule has 1 aromatic rings. The van der Waals surface area contributed by atoms with Crippen LogP contribution in [0.15, 0.2) is 6.07 Å². The van der Waals surface area contributed by atoms with Crippen molar-refractivity contribution >= 4 is 17.6 Å². The number of hydrogen-bond acceptors (Lipinski definition) is 4.